The summed E-state index contributed by atoms with van der Waals surface area (Å²) in [5.74, 6) is 1.23. The Hall–Kier alpha value is -3.08. The number of nitrogens with one attached hydrogen (secondary N) is 1. The Bertz CT molecular complexity index is 920. The minimum absolute atomic E-state index is 0.0625. The lowest BCUT2D eigenvalue weighted by Gasteiger charge is -2.13. The van der Waals surface area contributed by atoms with Crippen molar-refractivity contribution in [2.24, 2.45) is 0 Å². The second-order valence-corrected chi connectivity index (χ2v) is 6.04. The first-order valence-electron chi connectivity index (χ1n) is 8.50. The average molecular weight is 351 g/mol. The van der Waals surface area contributed by atoms with Crippen LogP contribution in [0.2, 0.25) is 0 Å². The van der Waals surface area contributed by atoms with E-state index in [1.807, 2.05) is 42.5 Å². The molecular formula is C21H21NO4. The van der Waals surface area contributed by atoms with Gasteiger partial charge in [-0.2, -0.15) is 0 Å². The molecule has 0 fully saturated rings. The molecule has 0 saturated carbocycles. The molecule has 1 aromatic carbocycles. The van der Waals surface area contributed by atoms with Crippen LogP contribution >= 0.6 is 0 Å². The highest BCUT2D eigenvalue weighted by atomic mass is 16.5. The van der Waals surface area contributed by atoms with Crippen molar-refractivity contribution in [3.05, 3.63) is 81.4 Å². The second-order valence-electron chi connectivity index (χ2n) is 6.04. The summed E-state index contributed by atoms with van der Waals surface area (Å²) in [5, 5.41) is 2.53. The molecule has 1 amide bonds. The van der Waals surface area contributed by atoms with Crippen LogP contribution in [0, 0.1) is 0 Å². The van der Waals surface area contributed by atoms with Gasteiger partial charge in [0.25, 0.3) is 5.91 Å². The van der Waals surface area contributed by atoms with Gasteiger partial charge in [0, 0.05) is 19.5 Å². The van der Waals surface area contributed by atoms with Crippen molar-refractivity contribution >= 4 is 11.5 Å². The second kappa shape index (κ2) is 7.87. The van der Waals surface area contributed by atoms with E-state index in [9.17, 15) is 9.59 Å². The molecular weight excluding hydrogens is 330 g/mol. The molecule has 1 N–H and O–H groups in total. The third-order valence-corrected chi connectivity index (χ3v) is 4.30. The highest BCUT2D eigenvalue weighted by Crippen LogP contribution is 2.27. The zero-order chi connectivity index (χ0) is 18.5. The Balaban J connectivity index is 2.02. The SMILES string of the molecule is CNC(=O)c1c(C2=CC=CCC2)oc(Cc2ccc(OC)cc2)cc1=O. The molecule has 0 aliphatic heterocycles. The Morgan fingerprint density at radius 1 is 1.27 bits per heavy atom. The summed E-state index contributed by atoms with van der Waals surface area (Å²) >= 11 is 0. The standard InChI is InChI=1S/C21H21NO4/c1-22-21(24)19-18(23)13-17(12-14-8-10-16(25-2)11-9-14)26-20(19)15-6-4-3-5-7-15/h3-4,6,8-11,13H,5,7,12H2,1-2H3,(H,22,24). The number of allylic oxidation sites excluding steroid dienone is 4. The van der Waals surface area contributed by atoms with Gasteiger partial charge >= 0.3 is 0 Å². The fourth-order valence-electron chi connectivity index (χ4n) is 2.93. The zero-order valence-corrected chi connectivity index (χ0v) is 14.9. The van der Waals surface area contributed by atoms with E-state index in [1.165, 1.54) is 13.1 Å². The van der Waals surface area contributed by atoms with Crippen molar-refractivity contribution in [1.29, 1.82) is 0 Å². The number of methoxy groups -OCH3 is 1. The number of rotatable bonds is 5. The van der Waals surface area contributed by atoms with Crippen LogP contribution in [0.3, 0.4) is 0 Å². The van der Waals surface area contributed by atoms with Gasteiger partial charge in [-0.3, -0.25) is 9.59 Å². The summed E-state index contributed by atoms with van der Waals surface area (Å²) in [5.41, 5.74) is 1.59. The summed E-state index contributed by atoms with van der Waals surface area (Å²) in [6, 6.07) is 8.97. The molecule has 0 atom stereocenters. The summed E-state index contributed by atoms with van der Waals surface area (Å²) in [6.45, 7) is 0. The van der Waals surface area contributed by atoms with Crippen LogP contribution < -0.4 is 15.5 Å². The molecule has 0 unspecified atom stereocenters. The van der Waals surface area contributed by atoms with Gasteiger partial charge in [0.1, 0.15) is 22.8 Å². The topological polar surface area (TPSA) is 68.5 Å². The van der Waals surface area contributed by atoms with Crippen molar-refractivity contribution in [3.8, 4) is 5.75 Å². The molecule has 1 aliphatic carbocycles. The van der Waals surface area contributed by atoms with Crippen molar-refractivity contribution < 1.29 is 13.9 Å². The molecule has 5 nitrogen and oxygen atoms in total. The maximum absolute atomic E-state index is 12.6. The van der Waals surface area contributed by atoms with Gasteiger partial charge < -0.3 is 14.5 Å². The lowest BCUT2D eigenvalue weighted by atomic mass is 9.98. The van der Waals surface area contributed by atoms with Gasteiger partial charge in [-0.15, -0.1) is 0 Å². The first-order valence-corrected chi connectivity index (χ1v) is 8.50. The number of carbonyl (C=O) groups is 1. The Morgan fingerprint density at radius 2 is 2.04 bits per heavy atom. The summed E-state index contributed by atoms with van der Waals surface area (Å²) in [6.07, 6.45) is 7.90. The molecule has 0 radical (unpaired) electrons. The maximum atomic E-state index is 12.6. The van der Waals surface area contributed by atoms with E-state index in [4.69, 9.17) is 9.15 Å². The Morgan fingerprint density at radius 3 is 2.65 bits per heavy atom. The van der Waals surface area contributed by atoms with E-state index in [1.54, 1.807) is 7.11 Å². The number of amides is 1. The highest BCUT2D eigenvalue weighted by molar-refractivity contribution is 5.98. The van der Waals surface area contributed by atoms with Gasteiger partial charge in [0.05, 0.1) is 7.11 Å². The van der Waals surface area contributed by atoms with Crippen LogP contribution in [0.5, 0.6) is 5.75 Å². The van der Waals surface area contributed by atoms with Gasteiger partial charge in [-0.1, -0.05) is 30.4 Å². The molecule has 5 heteroatoms. The third kappa shape index (κ3) is 3.77. The van der Waals surface area contributed by atoms with E-state index >= 15 is 0 Å². The van der Waals surface area contributed by atoms with Crippen molar-refractivity contribution in [3.63, 3.8) is 0 Å². The molecule has 2 aromatic rings. The Kier molecular flexibility index (Phi) is 5.37. The first kappa shape index (κ1) is 17.7. The van der Waals surface area contributed by atoms with Crippen LogP contribution in [0.1, 0.15) is 40.3 Å². The molecule has 134 valence electrons. The van der Waals surface area contributed by atoms with Crippen LogP contribution in [0.15, 0.2) is 57.8 Å². The highest BCUT2D eigenvalue weighted by Gasteiger charge is 2.21. The van der Waals surface area contributed by atoms with Crippen molar-refractivity contribution in [2.45, 2.75) is 19.3 Å². The largest absolute Gasteiger partial charge is 0.497 e. The van der Waals surface area contributed by atoms with Crippen LogP contribution in [0.4, 0.5) is 0 Å². The summed E-state index contributed by atoms with van der Waals surface area (Å²) in [4.78, 5) is 24.8. The number of ether oxygens (including phenoxy) is 1. The average Bonchev–Trinajstić information content (AvgIpc) is 2.68. The molecule has 3 rings (SSSR count). The van der Waals surface area contributed by atoms with Crippen molar-refractivity contribution in [2.75, 3.05) is 14.2 Å². The number of hydrogen-bond donors (Lipinski definition) is 1. The number of hydrogen-bond acceptors (Lipinski definition) is 4. The van der Waals surface area contributed by atoms with E-state index in [0.29, 0.717) is 17.9 Å². The zero-order valence-electron chi connectivity index (χ0n) is 14.9. The Labute approximate surface area is 152 Å². The molecule has 1 aromatic heterocycles. The molecule has 0 saturated heterocycles. The predicted molar refractivity (Wildman–Crippen MR) is 101 cm³/mol. The van der Waals surface area contributed by atoms with Crippen molar-refractivity contribution in [1.82, 2.24) is 5.32 Å². The van der Waals surface area contributed by atoms with Gasteiger partial charge in [-0.25, -0.2) is 0 Å². The minimum Gasteiger partial charge on any atom is -0.497 e. The lowest BCUT2D eigenvalue weighted by Crippen LogP contribution is -2.27. The monoisotopic (exact) mass is 351 g/mol. The van der Waals surface area contributed by atoms with E-state index < -0.39 is 5.91 Å². The third-order valence-electron chi connectivity index (χ3n) is 4.30. The summed E-state index contributed by atoms with van der Waals surface area (Å²) in [7, 11) is 3.12. The quantitative estimate of drug-likeness (QED) is 0.897. The van der Waals surface area contributed by atoms with Gasteiger partial charge in [0.2, 0.25) is 0 Å². The van der Waals surface area contributed by atoms with Crippen LogP contribution in [-0.2, 0) is 6.42 Å². The maximum Gasteiger partial charge on any atom is 0.258 e. The summed E-state index contributed by atoms with van der Waals surface area (Å²) < 4.78 is 11.2. The normalized spacial score (nSPS) is 13.2. The molecule has 26 heavy (non-hydrogen) atoms. The fourth-order valence-corrected chi connectivity index (χ4v) is 2.93. The fraction of sp³-hybridized carbons (Fsp3) is 0.238. The van der Waals surface area contributed by atoms with E-state index in [-0.39, 0.29) is 11.0 Å². The minimum atomic E-state index is -0.430. The van der Waals surface area contributed by atoms with Crippen LogP contribution in [-0.4, -0.2) is 20.1 Å². The van der Waals surface area contributed by atoms with E-state index in [0.717, 1.165) is 29.7 Å². The van der Waals surface area contributed by atoms with Gasteiger partial charge in [0.15, 0.2) is 5.43 Å². The van der Waals surface area contributed by atoms with Crippen LogP contribution in [0.25, 0.3) is 5.57 Å². The van der Waals surface area contributed by atoms with Gasteiger partial charge in [-0.05, 0) is 36.1 Å². The molecule has 0 bridgehead atoms. The molecule has 1 heterocycles. The van der Waals surface area contributed by atoms with E-state index in [2.05, 4.69) is 5.32 Å². The molecule has 1 aliphatic rings. The smallest absolute Gasteiger partial charge is 0.258 e. The molecule has 0 spiro atoms. The number of benzene rings is 1. The first-order chi connectivity index (χ1) is 12.6. The number of carbonyl (C=O) groups excluding carboxylic acids is 1. The predicted octanol–water partition coefficient (Wildman–Crippen LogP) is 3.33. The lowest BCUT2D eigenvalue weighted by molar-refractivity contribution is 0.0959.